The zero-order valence-corrected chi connectivity index (χ0v) is 18.7. The molecule has 0 aromatic heterocycles. The minimum atomic E-state index is -1.13. The first-order chi connectivity index (χ1) is 13.7. The first kappa shape index (κ1) is 23.0. The summed E-state index contributed by atoms with van der Waals surface area (Å²) in [7, 11) is 1.40. The van der Waals surface area contributed by atoms with Crippen LogP contribution in [-0.2, 0) is 19.1 Å². The van der Waals surface area contributed by atoms with Crippen molar-refractivity contribution in [3.63, 3.8) is 0 Å². The van der Waals surface area contributed by atoms with Crippen molar-refractivity contribution in [1.29, 1.82) is 0 Å². The second-order valence-electron chi connectivity index (χ2n) is 5.70. The number of carboxylic acids is 1. The van der Waals surface area contributed by atoms with Crippen molar-refractivity contribution in [2.45, 2.75) is 19.9 Å². The van der Waals surface area contributed by atoms with Gasteiger partial charge >= 0.3 is 11.9 Å². The quantitative estimate of drug-likeness (QED) is 0.305. The van der Waals surface area contributed by atoms with Crippen molar-refractivity contribution in [3.8, 4) is 11.5 Å². The van der Waals surface area contributed by atoms with Crippen LogP contribution < -0.4 is 9.47 Å². The van der Waals surface area contributed by atoms with E-state index in [1.807, 2.05) is 22.6 Å². The highest BCUT2D eigenvalue weighted by Crippen LogP contribution is 2.37. The minimum absolute atomic E-state index is 0.142. The number of nitrogens with zero attached hydrogens (tertiary/aromatic N) is 1. The predicted octanol–water partition coefficient (Wildman–Crippen LogP) is 2.75. The van der Waals surface area contributed by atoms with Crippen molar-refractivity contribution < 1.29 is 38.5 Å². The Balaban J connectivity index is 2.31. The molecular formula is C18H18INO8S. The third-order valence-electron chi connectivity index (χ3n) is 3.73. The fourth-order valence-corrected chi connectivity index (χ4v) is 4.12. The van der Waals surface area contributed by atoms with Gasteiger partial charge in [-0.2, -0.15) is 0 Å². The molecule has 1 atom stereocenters. The highest BCUT2D eigenvalue weighted by atomic mass is 127. The second-order valence-corrected chi connectivity index (χ2v) is 7.85. The Morgan fingerprint density at radius 2 is 2.03 bits per heavy atom. The van der Waals surface area contributed by atoms with Crippen molar-refractivity contribution >= 4 is 63.5 Å². The van der Waals surface area contributed by atoms with Gasteiger partial charge in [-0.3, -0.25) is 14.5 Å². The number of imide groups is 1. The van der Waals surface area contributed by atoms with Crippen LogP contribution in [0, 0.1) is 3.57 Å². The molecular weight excluding hydrogens is 517 g/mol. The molecule has 9 nitrogen and oxygen atoms in total. The summed E-state index contributed by atoms with van der Waals surface area (Å²) in [6, 6.07) is 2.18. The lowest BCUT2D eigenvalue weighted by Gasteiger charge is -2.19. The van der Waals surface area contributed by atoms with Gasteiger partial charge < -0.3 is 19.3 Å². The van der Waals surface area contributed by atoms with E-state index >= 15 is 0 Å². The number of hydrogen-bond acceptors (Lipinski definition) is 8. The maximum Gasteiger partial charge on any atom is 0.341 e. The van der Waals surface area contributed by atoms with E-state index in [0.29, 0.717) is 20.9 Å². The van der Waals surface area contributed by atoms with Crippen LogP contribution in [0.2, 0.25) is 0 Å². The molecule has 0 bridgehead atoms. The van der Waals surface area contributed by atoms with Gasteiger partial charge in [0.05, 0.1) is 22.2 Å². The predicted molar refractivity (Wildman–Crippen MR) is 113 cm³/mol. The molecule has 1 N–H and O–H groups in total. The van der Waals surface area contributed by atoms with Crippen LogP contribution in [0.1, 0.15) is 19.4 Å². The third kappa shape index (κ3) is 5.41. The number of ether oxygens (including phenoxy) is 3. The monoisotopic (exact) mass is 535 g/mol. The molecule has 2 rings (SSSR count). The lowest BCUT2D eigenvalue weighted by atomic mass is 10.1. The molecule has 1 saturated heterocycles. The van der Waals surface area contributed by atoms with E-state index in [1.54, 1.807) is 19.1 Å². The average Bonchev–Trinajstić information content (AvgIpc) is 2.93. The zero-order valence-electron chi connectivity index (χ0n) is 15.8. The van der Waals surface area contributed by atoms with E-state index in [9.17, 15) is 19.2 Å². The molecule has 0 saturated carbocycles. The van der Waals surface area contributed by atoms with Gasteiger partial charge in [0.25, 0.3) is 11.1 Å². The fraction of sp³-hybridized carbons (Fsp3) is 0.333. The maximum atomic E-state index is 12.6. The molecule has 0 spiro atoms. The van der Waals surface area contributed by atoms with Crippen molar-refractivity contribution in [2.24, 2.45) is 0 Å². The van der Waals surface area contributed by atoms with Crippen LogP contribution in [0.15, 0.2) is 17.0 Å². The Bertz CT molecular complexity index is 885. The van der Waals surface area contributed by atoms with E-state index in [1.165, 1.54) is 20.1 Å². The first-order valence-electron chi connectivity index (χ1n) is 8.35. The van der Waals surface area contributed by atoms with Crippen LogP contribution in [0.3, 0.4) is 0 Å². The zero-order chi connectivity index (χ0) is 21.7. The number of aliphatic carboxylic acids is 1. The van der Waals surface area contributed by atoms with Crippen LogP contribution >= 0.6 is 34.4 Å². The molecule has 11 heteroatoms. The summed E-state index contributed by atoms with van der Waals surface area (Å²) in [5.41, 5.74) is 0.545. The van der Waals surface area contributed by atoms with E-state index < -0.39 is 35.7 Å². The molecule has 0 unspecified atom stereocenters. The topological polar surface area (TPSA) is 119 Å². The van der Waals surface area contributed by atoms with Crippen LogP contribution in [0.4, 0.5) is 4.79 Å². The van der Waals surface area contributed by atoms with Gasteiger partial charge in [0.15, 0.2) is 18.1 Å². The van der Waals surface area contributed by atoms with Gasteiger partial charge in [-0.25, -0.2) is 9.59 Å². The fourth-order valence-electron chi connectivity index (χ4n) is 2.43. The molecule has 1 aliphatic rings. The number of methoxy groups -OCH3 is 1. The van der Waals surface area contributed by atoms with E-state index in [2.05, 4.69) is 0 Å². The maximum absolute atomic E-state index is 12.6. The number of esters is 1. The van der Waals surface area contributed by atoms with E-state index in [4.69, 9.17) is 19.3 Å². The van der Waals surface area contributed by atoms with Crippen LogP contribution in [0.25, 0.3) is 6.08 Å². The van der Waals surface area contributed by atoms with Gasteiger partial charge in [-0.15, -0.1) is 0 Å². The van der Waals surface area contributed by atoms with E-state index in [-0.39, 0.29) is 23.0 Å². The Morgan fingerprint density at radius 3 is 2.62 bits per heavy atom. The summed E-state index contributed by atoms with van der Waals surface area (Å²) in [4.78, 5) is 48.5. The molecule has 1 heterocycles. The normalized spacial score (nSPS) is 16.1. The van der Waals surface area contributed by atoms with Gasteiger partial charge in [0.1, 0.15) is 6.04 Å². The summed E-state index contributed by atoms with van der Waals surface area (Å²) in [5, 5.41) is 8.22. The molecule has 156 valence electrons. The Kier molecular flexibility index (Phi) is 7.90. The number of benzene rings is 1. The molecule has 1 fully saturated rings. The lowest BCUT2D eigenvalue weighted by molar-refractivity contribution is -0.150. The van der Waals surface area contributed by atoms with Gasteiger partial charge in [-0.1, -0.05) is 0 Å². The largest absolute Gasteiger partial charge is 0.493 e. The highest BCUT2D eigenvalue weighted by molar-refractivity contribution is 14.1. The second kappa shape index (κ2) is 9.96. The van der Waals surface area contributed by atoms with Crippen molar-refractivity contribution in [3.05, 3.63) is 26.2 Å². The van der Waals surface area contributed by atoms with Gasteiger partial charge in [-0.05, 0) is 72.0 Å². The van der Waals surface area contributed by atoms with Crippen molar-refractivity contribution in [2.75, 3.05) is 20.3 Å². The SMILES string of the molecule is CCOC(=O)[C@H](C)N1C(=O)S/C(=C/c2cc(I)c(OCC(=O)O)c(OC)c2)C1=O. The number of carbonyl (C=O) groups is 4. The third-order valence-corrected chi connectivity index (χ3v) is 5.41. The van der Waals surface area contributed by atoms with Crippen molar-refractivity contribution in [1.82, 2.24) is 4.90 Å². The smallest absolute Gasteiger partial charge is 0.341 e. The molecule has 0 radical (unpaired) electrons. The molecule has 29 heavy (non-hydrogen) atoms. The number of carboxylic acid groups (broad SMARTS) is 1. The molecule has 1 aromatic carbocycles. The number of rotatable bonds is 8. The lowest BCUT2D eigenvalue weighted by Crippen LogP contribution is -2.42. The van der Waals surface area contributed by atoms with Crippen LogP contribution in [-0.4, -0.2) is 59.5 Å². The Morgan fingerprint density at radius 1 is 1.34 bits per heavy atom. The highest BCUT2D eigenvalue weighted by Gasteiger charge is 2.41. The van der Waals surface area contributed by atoms with Gasteiger partial charge in [0, 0.05) is 0 Å². The summed E-state index contributed by atoms with van der Waals surface area (Å²) in [6.07, 6.45) is 1.49. The van der Waals surface area contributed by atoms with E-state index in [0.717, 1.165) is 4.90 Å². The summed E-state index contributed by atoms with van der Waals surface area (Å²) in [6.45, 7) is 2.68. The minimum Gasteiger partial charge on any atom is -0.493 e. The molecule has 0 aliphatic carbocycles. The first-order valence-corrected chi connectivity index (χ1v) is 10.2. The summed E-state index contributed by atoms with van der Waals surface area (Å²) < 4.78 is 15.9. The summed E-state index contributed by atoms with van der Waals surface area (Å²) in [5.74, 6) is -1.84. The Hall–Kier alpha value is -2.28. The standard InChI is InChI=1S/C18H18INO8S/c1-4-27-17(24)9(2)20-16(23)13(29-18(20)25)7-10-5-11(19)15(12(6-10)26-3)28-8-14(21)22/h5-7,9H,4,8H2,1-3H3,(H,21,22)/b13-7+/t9-/m0/s1. The number of hydrogen-bond donors (Lipinski definition) is 1. The summed E-state index contributed by atoms with van der Waals surface area (Å²) >= 11 is 2.67. The number of carbonyl (C=O) groups excluding carboxylic acids is 3. The molecule has 1 aromatic rings. The Labute approximate surface area is 184 Å². The number of halogens is 1. The number of amides is 2. The van der Waals surface area contributed by atoms with Crippen LogP contribution in [0.5, 0.6) is 11.5 Å². The number of thioether (sulfide) groups is 1. The average molecular weight is 535 g/mol. The molecule has 1 aliphatic heterocycles. The van der Waals surface area contributed by atoms with Gasteiger partial charge in [0.2, 0.25) is 0 Å². The molecule has 2 amide bonds.